The van der Waals surface area contributed by atoms with Gasteiger partial charge in [0.2, 0.25) is 0 Å². The molecule has 0 fully saturated rings. The molecule has 0 rings (SSSR count). The van der Waals surface area contributed by atoms with E-state index in [1.807, 2.05) is 0 Å². The van der Waals surface area contributed by atoms with Crippen LogP contribution in [-0.4, -0.2) is 57.0 Å². The maximum absolute atomic E-state index is 12.1. The van der Waals surface area contributed by atoms with Crippen molar-refractivity contribution in [2.75, 3.05) is 33.1 Å². The van der Waals surface area contributed by atoms with Crippen LogP contribution in [0.1, 0.15) is 83.1 Å². The molecule has 14 heteroatoms. The van der Waals surface area contributed by atoms with Crippen molar-refractivity contribution in [2.45, 2.75) is 83.1 Å². The summed E-state index contributed by atoms with van der Waals surface area (Å²) in [5.41, 5.74) is -2.99. The van der Waals surface area contributed by atoms with Crippen LogP contribution in [0.5, 0.6) is 0 Å². The van der Waals surface area contributed by atoms with Gasteiger partial charge in [-0.2, -0.15) is 0 Å². The molecular formula is C25H46O12P2. The summed E-state index contributed by atoms with van der Waals surface area (Å²) in [6.07, 6.45) is 0. The van der Waals surface area contributed by atoms with Gasteiger partial charge >= 0.3 is 23.9 Å². The minimum absolute atomic E-state index is 0.0368. The lowest BCUT2D eigenvalue weighted by atomic mass is 9.98. The smallest absolute Gasteiger partial charge is 0.313 e. The van der Waals surface area contributed by atoms with Gasteiger partial charge in [-0.1, -0.05) is 0 Å². The topological polar surface area (TPSA) is 142 Å². The first-order chi connectivity index (χ1) is 17.5. The summed E-state index contributed by atoms with van der Waals surface area (Å²) in [6, 6.07) is 0. The van der Waals surface area contributed by atoms with Gasteiger partial charge < -0.3 is 18.9 Å². The van der Waals surface area contributed by atoms with Crippen LogP contribution in [0.15, 0.2) is 0 Å². The molecule has 0 aliphatic carbocycles. The van der Waals surface area contributed by atoms with Crippen LogP contribution in [-0.2, 0) is 56.2 Å². The normalized spacial score (nSPS) is 12.9. The minimum Gasteiger partial charge on any atom is -0.438 e. The fourth-order valence-electron chi connectivity index (χ4n) is 1.75. The van der Waals surface area contributed by atoms with Gasteiger partial charge in [-0.25, -0.2) is 0 Å². The number of carbonyl (C=O) groups is 4. The molecule has 12 nitrogen and oxygen atoms in total. The lowest BCUT2D eigenvalue weighted by Crippen LogP contribution is -2.25. The summed E-state index contributed by atoms with van der Waals surface area (Å²) in [4.78, 5) is 48.4. The van der Waals surface area contributed by atoms with Crippen LogP contribution in [0.25, 0.3) is 0 Å². The molecule has 0 aliphatic heterocycles. The van der Waals surface area contributed by atoms with E-state index in [1.54, 1.807) is 83.1 Å². The van der Waals surface area contributed by atoms with Crippen molar-refractivity contribution < 1.29 is 56.2 Å². The Balaban J connectivity index is 5.42. The van der Waals surface area contributed by atoms with Gasteiger partial charge in [0.05, 0.1) is 27.6 Å². The molecule has 0 spiro atoms. The Bertz CT molecular complexity index is 674. The maximum Gasteiger partial charge on any atom is 0.313 e. The average Bonchev–Trinajstić information content (AvgIpc) is 2.75. The second-order valence-electron chi connectivity index (χ2n) is 12.5. The second-order valence-corrected chi connectivity index (χ2v) is 16.0. The van der Waals surface area contributed by atoms with Crippen molar-refractivity contribution in [3.05, 3.63) is 0 Å². The summed E-state index contributed by atoms with van der Waals surface area (Å²) in [5, 5.41) is 0. The number of ether oxygens (including phenoxy) is 4. The van der Waals surface area contributed by atoms with Crippen molar-refractivity contribution in [1.82, 2.24) is 0 Å². The van der Waals surface area contributed by atoms with Crippen LogP contribution in [0.2, 0.25) is 0 Å². The number of hydrogen-bond acceptors (Lipinski definition) is 12. The molecule has 0 aliphatic rings. The van der Waals surface area contributed by atoms with E-state index in [2.05, 4.69) is 0 Å². The second kappa shape index (κ2) is 16.1. The van der Waals surface area contributed by atoms with E-state index >= 15 is 0 Å². The fourth-order valence-corrected chi connectivity index (χ4v) is 4.64. The molecule has 0 radical (unpaired) electrons. The highest BCUT2D eigenvalue weighted by Gasteiger charge is 2.29. The number of esters is 4. The highest BCUT2D eigenvalue weighted by Crippen LogP contribution is 2.53. The zero-order chi connectivity index (χ0) is 30.7. The zero-order valence-electron chi connectivity index (χ0n) is 25.3. The molecule has 39 heavy (non-hydrogen) atoms. The van der Waals surface area contributed by atoms with Crippen molar-refractivity contribution in [3.63, 3.8) is 0 Å². The highest BCUT2D eigenvalue weighted by atomic mass is 31.2. The molecule has 0 N–H and O–H groups in total. The molecule has 0 unspecified atom stereocenters. The summed E-state index contributed by atoms with van der Waals surface area (Å²) >= 11 is 0. The van der Waals surface area contributed by atoms with Gasteiger partial charge in [-0.3, -0.25) is 37.3 Å². The van der Waals surface area contributed by atoms with E-state index in [9.17, 15) is 19.2 Å². The quantitative estimate of drug-likeness (QED) is 0.103. The number of rotatable bonds is 14. The van der Waals surface area contributed by atoms with Gasteiger partial charge in [0.1, 0.15) is 0 Å². The predicted molar refractivity (Wildman–Crippen MR) is 145 cm³/mol. The number of hydrogen-bond donors (Lipinski definition) is 0. The summed E-state index contributed by atoms with van der Waals surface area (Å²) in [7, 11) is -3.80. The molecular weight excluding hydrogens is 554 g/mol. The minimum atomic E-state index is -1.90. The van der Waals surface area contributed by atoms with Crippen LogP contribution >= 0.6 is 16.8 Å². The molecule has 0 saturated heterocycles. The van der Waals surface area contributed by atoms with Crippen LogP contribution in [0.4, 0.5) is 0 Å². The Kier molecular flexibility index (Phi) is 15.5. The average molecular weight is 601 g/mol. The summed E-state index contributed by atoms with van der Waals surface area (Å²) < 4.78 is 43.1. The molecule has 0 bridgehead atoms. The summed E-state index contributed by atoms with van der Waals surface area (Å²) in [6.45, 7) is 18.6. The Labute approximate surface area is 234 Å². The first-order valence-corrected chi connectivity index (χ1v) is 15.0. The van der Waals surface area contributed by atoms with E-state index < -0.39 is 89.5 Å². The number of carbonyl (C=O) groups excluding carboxylic acids is 4. The van der Waals surface area contributed by atoms with Gasteiger partial charge in [0.25, 0.3) is 0 Å². The maximum atomic E-state index is 12.1. The Morgan fingerprint density at radius 1 is 0.410 bits per heavy atom. The fraction of sp³-hybridized carbons (Fsp3) is 0.840. The standard InChI is InChI=1S/C25H46O12P2/c1-22(2,3)18(26)30-13-34-38(35-14-31-19(27)23(4,5)6)17-39(36-15-32-20(28)24(7,8)9)37-16-33-21(29)25(10,11)12/h13-17H2,1-12H3. The largest absolute Gasteiger partial charge is 0.438 e. The van der Waals surface area contributed by atoms with E-state index in [0.717, 1.165) is 0 Å². The molecule has 0 saturated carbocycles. The third-order valence-electron chi connectivity index (χ3n) is 4.23. The molecule has 0 heterocycles. The third-order valence-corrected chi connectivity index (χ3v) is 7.65. The molecule has 0 amide bonds. The molecule has 0 aromatic carbocycles. The van der Waals surface area contributed by atoms with Crippen LogP contribution < -0.4 is 0 Å². The van der Waals surface area contributed by atoms with E-state index in [-0.39, 0.29) is 5.90 Å². The van der Waals surface area contributed by atoms with Crippen LogP contribution in [0.3, 0.4) is 0 Å². The van der Waals surface area contributed by atoms with Crippen molar-refractivity contribution in [3.8, 4) is 0 Å². The van der Waals surface area contributed by atoms with Crippen molar-refractivity contribution in [1.29, 1.82) is 0 Å². The Morgan fingerprint density at radius 2 is 0.590 bits per heavy atom. The molecule has 0 aromatic heterocycles. The SMILES string of the molecule is CC(C)(C)C(=O)OCOP(CP(OCOC(=O)C(C)(C)C)OCOC(=O)C(C)(C)C)OCOC(=O)C(C)(C)C. The monoisotopic (exact) mass is 600 g/mol. The first kappa shape index (κ1) is 37.6. The van der Waals surface area contributed by atoms with E-state index in [0.29, 0.717) is 0 Å². The first-order valence-electron chi connectivity index (χ1n) is 12.3. The van der Waals surface area contributed by atoms with Crippen molar-refractivity contribution in [2.24, 2.45) is 21.7 Å². The lowest BCUT2D eigenvalue weighted by molar-refractivity contribution is -0.162. The molecule has 0 atom stereocenters. The Morgan fingerprint density at radius 3 is 0.744 bits per heavy atom. The lowest BCUT2D eigenvalue weighted by Gasteiger charge is -2.25. The van der Waals surface area contributed by atoms with E-state index in [4.69, 9.17) is 37.0 Å². The van der Waals surface area contributed by atoms with Gasteiger partial charge in [0, 0.05) is 0 Å². The summed E-state index contributed by atoms with van der Waals surface area (Å²) in [5.74, 6) is -2.00. The molecule has 0 aromatic rings. The van der Waals surface area contributed by atoms with Gasteiger partial charge in [-0.05, 0) is 83.1 Å². The third kappa shape index (κ3) is 17.1. The predicted octanol–water partition coefficient (Wildman–Crippen LogP) is 5.82. The Hall–Kier alpha value is -1.42. The highest BCUT2D eigenvalue weighted by molar-refractivity contribution is 7.65. The van der Waals surface area contributed by atoms with Crippen LogP contribution in [0, 0.1) is 21.7 Å². The zero-order valence-corrected chi connectivity index (χ0v) is 27.1. The van der Waals surface area contributed by atoms with Gasteiger partial charge in [0.15, 0.2) is 43.9 Å². The van der Waals surface area contributed by atoms with E-state index in [1.165, 1.54) is 0 Å². The molecule has 228 valence electrons. The van der Waals surface area contributed by atoms with Gasteiger partial charge in [-0.15, -0.1) is 0 Å². The van der Waals surface area contributed by atoms with Crippen molar-refractivity contribution >= 4 is 40.6 Å².